The summed E-state index contributed by atoms with van der Waals surface area (Å²) in [4.78, 5) is 9.73. The Bertz CT molecular complexity index is 101. The molecule has 0 aromatic carbocycles. The first-order valence-electron chi connectivity index (χ1n) is 1.30. The Morgan fingerprint density at radius 2 is 2.29 bits per heavy atom. The molecule has 0 aromatic heterocycles. The van der Waals surface area contributed by atoms with Gasteiger partial charge in [-0.2, -0.15) is 0 Å². The van der Waals surface area contributed by atoms with Crippen molar-refractivity contribution in [3.05, 3.63) is 0 Å². The van der Waals surface area contributed by atoms with Gasteiger partial charge in [0.05, 0.1) is 0 Å². The normalized spacial score (nSPS) is 12.9. The topological polar surface area (TPSA) is 92.4 Å². The van der Waals surface area contributed by atoms with Crippen molar-refractivity contribution in [2.75, 3.05) is 0 Å². The second-order valence-corrected chi connectivity index (χ2v) is 1.55. The second kappa shape index (κ2) is 2.67. The van der Waals surface area contributed by atoms with Crippen LogP contribution in [0.25, 0.3) is 0 Å². The largest absolute Gasteiger partial charge is 0.350 e. The summed E-state index contributed by atoms with van der Waals surface area (Å²) in [5.74, 6) is 4.42. The standard InChI is InChI=1S/CH4N2O3S/c2-3-1(4)7(5)6/h2H2,(H,3,4)(H,5,6). The van der Waals surface area contributed by atoms with Crippen LogP contribution in [0.5, 0.6) is 0 Å². The summed E-state index contributed by atoms with van der Waals surface area (Å²) >= 11 is -2.49. The number of hydrazine groups is 1. The molecule has 0 aliphatic carbocycles. The van der Waals surface area contributed by atoms with Crippen LogP contribution in [-0.2, 0) is 11.1 Å². The predicted molar refractivity (Wildman–Crippen MR) is 23.5 cm³/mol. The van der Waals surface area contributed by atoms with E-state index in [2.05, 4.69) is 5.84 Å². The van der Waals surface area contributed by atoms with Crippen LogP contribution in [-0.4, -0.2) is 14.0 Å². The Hall–Kier alpha value is -0.460. The summed E-state index contributed by atoms with van der Waals surface area (Å²) in [6, 6.07) is 0. The van der Waals surface area contributed by atoms with E-state index < -0.39 is 16.3 Å². The number of nitrogens with one attached hydrogen (secondary N) is 1. The van der Waals surface area contributed by atoms with Crippen molar-refractivity contribution in [1.29, 1.82) is 0 Å². The molecule has 7 heavy (non-hydrogen) atoms. The van der Waals surface area contributed by atoms with Crippen molar-refractivity contribution in [3.8, 4) is 0 Å². The maximum atomic E-state index is 9.73. The first-order valence-corrected chi connectivity index (χ1v) is 2.40. The Balaban J connectivity index is 3.58. The van der Waals surface area contributed by atoms with Crippen molar-refractivity contribution >= 4 is 16.3 Å². The fourth-order valence-electron chi connectivity index (χ4n) is 0.0504. The number of hydrogen-bond acceptors (Lipinski definition) is 3. The molecule has 0 bridgehead atoms. The zero-order valence-electron chi connectivity index (χ0n) is 3.25. The van der Waals surface area contributed by atoms with Gasteiger partial charge in [-0.25, -0.2) is 10.1 Å². The molecule has 4 N–H and O–H groups in total. The fourth-order valence-corrected chi connectivity index (χ4v) is 0.151. The molecule has 0 heterocycles. The Kier molecular flexibility index (Phi) is 2.49. The van der Waals surface area contributed by atoms with Gasteiger partial charge >= 0.3 is 5.24 Å². The van der Waals surface area contributed by atoms with Crippen molar-refractivity contribution in [2.24, 2.45) is 5.84 Å². The minimum absolute atomic E-state index is 1.10. The molecule has 1 atom stereocenters. The van der Waals surface area contributed by atoms with Crippen LogP contribution >= 0.6 is 0 Å². The summed E-state index contributed by atoms with van der Waals surface area (Å²) in [6.07, 6.45) is 0. The lowest BCUT2D eigenvalue weighted by molar-refractivity contribution is 0.258. The third kappa shape index (κ3) is 2.26. The first kappa shape index (κ1) is 6.54. The van der Waals surface area contributed by atoms with E-state index in [1.54, 1.807) is 0 Å². The minimum Gasteiger partial charge on any atom is -0.298 e. The van der Waals surface area contributed by atoms with E-state index >= 15 is 0 Å². The molecular weight excluding hydrogens is 120 g/mol. The zero-order chi connectivity index (χ0) is 5.86. The van der Waals surface area contributed by atoms with Crippen molar-refractivity contribution in [3.63, 3.8) is 0 Å². The van der Waals surface area contributed by atoms with Crippen molar-refractivity contribution in [1.82, 2.24) is 5.43 Å². The number of rotatable bonds is 0. The van der Waals surface area contributed by atoms with Crippen LogP contribution in [0.15, 0.2) is 0 Å². The van der Waals surface area contributed by atoms with Crippen molar-refractivity contribution < 1.29 is 13.6 Å². The summed E-state index contributed by atoms with van der Waals surface area (Å²) in [6.45, 7) is 0. The van der Waals surface area contributed by atoms with Gasteiger partial charge in [0.1, 0.15) is 0 Å². The van der Waals surface area contributed by atoms with E-state index in [9.17, 15) is 9.00 Å². The molecule has 0 aromatic rings. The SMILES string of the molecule is NNC(=O)S(=O)O. The highest BCUT2D eigenvalue weighted by Crippen LogP contribution is 1.69. The van der Waals surface area contributed by atoms with Gasteiger partial charge in [0.15, 0.2) is 0 Å². The first-order chi connectivity index (χ1) is 3.18. The molecule has 6 heteroatoms. The summed E-state index contributed by atoms with van der Waals surface area (Å²) in [7, 11) is 0. The number of nitrogens with two attached hydrogens (primary N) is 1. The molecule has 42 valence electrons. The third-order valence-corrected chi connectivity index (χ3v) is 0.711. The monoisotopic (exact) mass is 124 g/mol. The lowest BCUT2D eigenvalue weighted by Crippen LogP contribution is -2.31. The number of carbonyl (C=O) groups is 1. The maximum absolute atomic E-state index is 9.73. The molecule has 0 radical (unpaired) electrons. The van der Waals surface area contributed by atoms with E-state index in [-0.39, 0.29) is 0 Å². The molecule has 0 rings (SSSR count). The van der Waals surface area contributed by atoms with E-state index in [1.165, 1.54) is 5.43 Å². The molecule has 1 unspecified atom stereocenters. The van der Waals surface area contributed by atoms with Gasteiger partial charge in [-0.1, -0.05) is 0 Å². The number of amides is 1. The molecule has 0 spiro atoms. The van der Waals surface area contributed by atoms with Crippen LogP contribution in [0.1, 0.15) is 0 Å². The quantitative estimate of drug-likeness (QED) is 0.163. The highest BCUT2D eigenvalue weighted by Gasteiger charge is 2.01. The molecule has 1 amide bonds. The lowest BCUT2D eigenvalue weighted by atomic mass is 11.4. The maximum Gasteiger partial charge on any atom is 0.350 e. The highest BCUT2D eigenvalue weighted by molar-refractivity contribution is 7.95. The third-order valence-electron chi connectivity index (χ3n) is 0.276. The Morgan fingerprint density at radius 3 is 2.29 bits per heavy atom. The van der Waals surface area contributed by atoms with Crippen LogP contribution in [0.3, 0.4) is 0 Å². The van der Waals surface area contributed by atoms with E-state index in [0.717, 1.165) is 0 Å². The predicted octanol–water partition coefficient (Wildman–Crippen LogP) is -1.21. The van der Waals surface area contributed by atoms with E-state index in [1.807, 2.05) is 0 Å². The number of hydrogen-bond donors (Lipinski definition) is 3. The van der Waals surface area contributed by atoms with E-state index in [0.29, 0.717) is 0 Å². The second-order valence-electron chi connectivity index (χ2n) is 0.681. The van der Waals surface area contributed by atoms with Gasteiger partial charge in [0.25, 0.3) is 0 Å². The van der Waals surface area contributed by atoms with Gasteiger partial charge in [-0.3, -0.25) is 14.8 Å². The smallest absolute Gasteiger partial charge is 0.298 e. The number of carbonyl (C=O) groups excluding carboxylic acids is 1. The van der Waals surface area contributed by atoms with Crippen molar-refractivity contribution in [2.45, 2.75) is 0 Å². The van der Waals surface area contributed by atoms with Gasteiger partial charge in [-0.05, 0) is 0 Å². The van der Waals surface area contributed by atoms with Gasteiger partial charge in [-0.15, -0.1) is 0 Å². The van der Waals surface area contributed by atoms with Crippen LogP contribution in [0, 0.1) is 0 Å². The summed E-state index contributed by atoms with van der Waals surface area (Å²) in [5.41, 5.74) is 1.48. The Morgan fingerprint density at radius 1 is 1.86 bits per heavy atom. The van der Waals surface area contributed by atoms with Crippen LogP contribution < -0.4 is 11.3 Å². The van der Waals surface area contributed by atoms with Gasteiger partial charge in [0.2, 0.25) is 11.1 Å². The average molecular weight is 124 g/mol. The lowest BCUT2D eigenvalue weighted by Gasteiger charge is -1.86. The molecule has 0 saturated carbocycles. The molecule has 0 saturated heterocycles. The molecule has 5 nitrogen and oxygen atoms in total. The molecular formula is CH4N2O3S. The van der Waals surface area contributed by atoms with Gasteiger partial charge < -0.3 is 0 Å². The summed E-state index contributed by atoms with van der Waals surface area (Å²) in [5, 5.41) is -1.10. The van der Waals surface area contributed by atoms with Crippen LogP contribution in [0.4, 0.5) is 4.79 Å². The molecule has 0 fully saturated rings. The Labute approximate surface area is 42.1 Å². The fraction of sp³-hybridized carbons (Fsp3) is 0. The summed E-state index contributed by atoms with van der Waals surface area (Å²) < 4.78 is 17.4. The average Bonchev–Trinajstić information content (AvgIpc) is 1.65. The molecule has 0 aliphatic heterocycles. The van der Waals surface area contributed by atoms with E-state index in [4.69, 9.17) is 4.55 Å². The zero-order valence-corrected chi connectivity index (χ0v) is 4.07. The van der Waals surface area contributed by atoms with Gasteiger partial charge in [0, 0.05) is 0 Å². The highest BCUT2D eigenvalue weighted by atomic mass is 32.2. The van der Waals surface area contributed by atoms with Crippen LogP contribution in [0.2, 0.25) is 0 Å². The molecule has 0 aliphatic rings. The minimum atomic E-state index is -2.49.